The molecule has 4 nitrogen and oxygen atoms in total. The van der Waals surface area contributed by atoms with Crippen molar-refractivity contribution < 1.29 is 23.5 Å². The van der Waals surface area contributed by atoms with Gasteiger partial charge in [0, 0.05) is 0 Å². The number of ether oxygens (including phenoxy) is 2. The van der Waals surface area contributed by atoms with Crippen LogP contribution in [-0.2, 0) is 19.1 Å². The molecule has 0 heterocycles. The Kier molecular flexibility index (Phi) is 3.87. The molecule has 0 fully saturated rings. The van der Waals surface area contributed by atoms with Gasteiger partial charge in [-0.05, 0) is 0 Å². The zero-order valence-electron chi connectivity index (χ0n) is 5.93. The van der Waals surface area contributed by atoms with Gasteiger partial charge in [-0.3, -0.25) is 0 Å². The molecule has 0 unspecified atom stereocenters. The van der Waals surface area contributed by atoms with Crippen LogP contribution in [0.3, 0.4) is 0 Å². The molecule has 0 aromatic rings. The second kappa shape index (κ2) is 4.43. The third-order valence-corrected chi connectivity index (χ3v) is 0.712. The van der Waals surface area contributed by atoms with Crippen LogP contribution < -0.4 is 0 Å². The van der Waals surface area contributed by atoms with Gasteiger partial charge in [-0.25, -0.2) is 14.0 Å². The number of hydrogen-bond donors (Lipinski definition) is 0. The predicted molar refractivity (Wildman–Crippen MR) is 33.2 cm³/mol. The van der Waals surface area contributed by atoms with E-state index < -0.39 is 24.4 Å². The SMILES string of the molecule is C=C(F)COC(=O)C(=O)OC. The molecule has 0 aliphatic heterocycles. The number of halogens is 1. The topological polar surface area (TPSA) is 52.6 Å². The van der Waals surface area contributed by atoms with Crippen molar-refractivity contribution in [2.45, 2.75) is 0 Å². The first kappa shape index (κ1) is 9.61. The van der Waals surface area contributed by atoms with Crippen molar-refractivity contribution in [3.8, 4) is 0 Å². The molecule has 0 atom stereocenters. The highest BCUT2D eigenvalue weighted by Crippen LogP contribution is 1.92. The molecule has 0 aromatic carbocycles. The molecular formula is C6H7FO4. The van der Waals surface area contributed by atoms with Crippen molar-refractivity contribution in [1.29, 1.82) is 0 Å². The summed E-state index contributed by atoms with van der Waals surface area (Å²) in [6, 6.07) is 0. The summed E-state index contributed by atoms with van der Waals surface area (Å²) in [5, 5.41) is 0. The van der Waals surface area contributed by atoms with Gasteiger partial charge in [0.1, 0.15) is 12.4 Å². The fraction of sp³-hybridized carbons (Fsp3) is 0.333. The number of esters is 2. The van der Waals surface area contributed by atoms with Crippen LogP contribution >= 0.6 is 0 Å². The molecule has 0 spiro atoms. The Morgan fingerprint density at radius 2 is 2.00 bits per heavy atom. The average Bonchev–Trinajstić information content (AvgIpc) is 1.98. The Morgan fingerprint density at radius 1 is 1.45 bits per heavy atom. The summed E-state index contributed by atoms with van der Waals surface area (Å²) in [5.74, 6) is -3.22. The van der Waals surface area contributed by atoms with Gasteiger partial charge in [0.25, 0.3) is 0 Å². The summed E-state index contributed by atoms with van der Waals surface area (Å²) in [4.78, 5) is 20.6. The van der Waals surface area contributed by atoms with E-state index >= 15 is 0 Å². The third kappa shape index (κ3) is 4.07. The molecule has 11 heavy (non-hydrogen) atoms. The second-order valence-corrected chi connectivity index (χ2v) is 1.58. The lowest BCUT2D eigenvalue weighted by Crippen LogP contribution is -2.19. The van der Waals surface area contributed by atoms with E-state index in [4.69, 9.17) is 0 Å². The Hall–Kier alpha value is -1.39. The number of rotatable bonds is 2. The minimum atomic E-state index is -1.23. The van der Waals surface area contributed by atoms with Crippen LogP contribution in [0, 0.1) is 0 Å². The van der Waals surface area contributed by atoms with Crippen LogP contribution in [0.1, 0.15) is 0 Å². The molecule has 0 aliphatic carbocycles. The maximum absolute atomic E-state index is 11.8. The van der Waals surface area contributed by atoms with Crippen molar-refractivity contribution in [3.63, 3.8) is 0 Å². The largest absolute Gasteiger partial charge is 0.461 e. The van der Waals surface area contributed by atoms with E-state index in [0.717, 1.165) is 7.11 Å². The van der Waals surface area contributed by atoms with Crippen molar-refractivity contribution in [3.05, 3.63) is 12.4 Å². The lowest BCUT2D eigenvalue weighted by molar-refractivity contribution is -0.165. The highest BCUT2D eigenvalue weighted by molar-refractivity contribution is 6.29. The monoisotopic (exact) mass is 162 g/mol. The predicted octanol–water partition coefficient (Wildman–Crippen LogP) is 0.186. The number of carbonyl (C=O) groups is 2. The Morgan fingerprint density at radius 3 is 2.36 bits per heavy atom. The van der Waals surface area contributed by atoms with Crippen molar-refractivity contribution in [2.24, 2.45) is 0 Å². The van der Waals surface area contributed by atoms with Crippen molar-refractivity contribution >= 4 is 11.9 Å². The van der Waals surface area contributed by atoms with Crippen molar-refractivity contribution in [1.82, 2.24) is 0 Å². The molecule has 0 rings (SSSR count). The number of methoxy groups -OCH3 is 1. The molecule has 5 heteroatoms. The van der Waals surface area contributed by atoms with E-state index in [0.29, 0.717) is 0 Å². The molecular weight excluding hydrogens is 155 g/mol. The molecule has 62 valence electrons. The molecule has 0 N–H and O–H groups in total. The Bertz CT molecular complexity index is 187. The summed E-state index contributed by atoms with van der Waals surface area (Å²) in [6.45, 7) is 2.20. The van der Waals surface area contributed by atoms with Gasteiger partial charge in [-0.2, -0.15) is 0 Å². The van der Waals surface area contributed by atoms with Gasteiger partial charge in [0.15, 0.2) is 0 Å². The van der Waals surface area contributed by atoms with E-state index in [1.54, 1.807) is 0 Å². The smallest absolute Gasteiger partial charge is 0.417 e. The van der Waals surface area contributed by atoms with E-state index in [2.05, 4.69) is 16.1 Å². The minimum Gasteiger partial charge on any atom is -0.461 e. The fourth-order valence-corrected chi connectivity index (χ4v) is 0.286. The fourth-order valence-electron chi connectivity index (χ4n) is 0.286. The molecule has 0 bridgehead atoms. The highest BCUT2D eigenvalue weighted by Gasteiger charge is 2.15. The van der Waals surface area contributed by atoms with Crippen LogP contribution in [-0.4, -0.2) is 25.7 Å². The van der Waals surface area contributed by atoms with Gasteiger partial charge < -0.3 is 9.47 Å². The molecule has 0 aromatic heterocycles. The zero-order valence-corrected chi connectivity index (χ0v) is 5.93. The van der Waals surface area contributed by atoms with Crippen LogP contribution in [0.15, 0.2) is 12.4 Å². The first-order valence-electron chi connectivity index (χ1n) is 2.66. The third-order valence-electron chi connectivity index (χ3n) is 0.712. The molecule has 0 saturated carbocycles. The molecule has 0 saturated heterocycles. The summed E-state index contributed by atoms with van der Waals surface area (Å²) in [7, 11) is 1.02. The van der Waals surface area contributed by atoms with Gasteiger partial charge in [-0.15, -0.1) is 0 Å². The molecule has 0 radical (unpaired) electrons. The average molecular weight is 162 g/mol. The van der Waals surface area contributed by atoms with Gasteiger partial charge in [-0.1, -0.05) is 6.58 Å². The summed E-state index contributed by atoms with van der Waals surface area (Å²) < 4.78 is 19.9. The molecule has 0 aliphatic rings. The molecule has 0 amide bonds. The highest BCUT2D eigenvalue weighted by atomic mass is 19.1. The van der Waals surface area contributed by atoms with E-state index in [-0.39, 0.29) is 0 Å². The minimum absolute atomic E-state index is 0.617. The Balaban J connectivity index is 3.70. The first-order chi connectivity index (χ1) is 5.07. The standard InChI is InChI=1S/C6H7FO4/c1-4(7)3-11-6(9)5(8)10-2/h1,3H2,2H3. The van der Waals surface area contributed by atoms with Crippen LogP contribution in [0.25, 0.3) is 0 Å². The normalized spacial score (nSPS) is 8.55. The van der Waals surface area contributed by atoms with E-state index in [1.807, 2.05) is 0 Å². The quantitative estimate of drug-likeness (QED) is 0.429. The Labute approximate surface area is 62.6 Å². The zero-order chi connectivity index (χ0) is 8.85. The van der Waals surface area contributed by atoms with Gasteiger partial charge in [0.2, 0.25) is 0 Å². The number of carbonyl (C=O) groups excluding carboxylic acids is 2. The van der Waals surface area contributed by atoms with Crippen LogP contribution in [0.5, 0.6) is 0 Å². The van der Waals surface area contributed by atoms with Gasteiger partial charge in [0.05, 0.1) is 7.11 Å². The van der Waals surface area contributed by atoms with Crippen molar-refractivity contribution in [2.75, 3.05) is 13.7 Å². The van der Waals surface area contributed by atoms with Crippen LogP contribution in [0.2, 0.25) is 0 Å². The lowest BCUT2D eigenvalue weighted by atomic mass is 10.6. The summed E-state index contributed by atoms with van der Waals surface area (Å²) >= 11 is 0. The maximum atomic E-state index is 11.8. The van der Waals surface area contributed by atoms with Gasteiger partial charge >= 0.3 is 11.9 Å². The maximum Gasteiger partial charge on any atom is 0.417 e. The number of hydrogen-bond acceptors (Lipinski definition) is 4. The van der Waals surface area contributed by atoms with E-state index in [1.165, 1.54) is 0 Å². The summed E-state index contributed by atoms with van der Waals surface area (Å²) in [6.07, 6.45) is 0. The van der Waals surface area contributed by atoms with Crippen LogP contribution in [0.4, 0.5) is 4.39 Å². The second-order valence-electron chi connectivity index (χ2n) is 1.58. The first-order valence-corrected chi connectivity index (χ1v) is 2.66. The lowest BCUT2D eigenvalue weighted by Gasteiger charge is -1.98. The van der Waals surface area contributed by atoms with E-state index in [9.17, 15) is 14.0 Å². The summed E-state index contributed by atoms with van der Waals surface area (Å²) in [5.41, 5.74) is 0.